The van der Waals surface area contributed by atoms with Crippen LogP contribution in [0.25, 0.3) is 5.82 Å². The van der Waals surface area contributed by atoms with Gasteiger partial charge in [0.1, 0.15) is 5.75 Å². The normalized spacial score (nSPS) is 13.7. The van der Waals surface area contributed by atoms with Gasteiger partial charge in [0, 0.05) is 43.8 Å². The van der Waals surface area contributed by atoms with E-state index in [0.29, 0.717) is 32.0 Å². The molecular formula is C24H27N5O4. The fourth-order valence-corrected chi connectivity index (χ4v) is 3.80. The lowest BCUT2D eigenvalue weighted by atomic mass is 10.2. The van der Waals surface area contributed by atoms with Gasteiger partial charge in [0.05, 0.1) is 18.4 Å². The van der Waals surface area contributed by atoms with E-state index in [4.69, 9.17) is 9.47 Å². The number of carbonyl (C=O) groups excluding carboxylic acids is 2. The van der Waals surface area contributed by atoms with Gasteiger partial charge >= 0.3 is 5.97 Å². The smallest absolute Gasteiger partial charge is 0.340 e. The molecule has 2 aromatic heterocycles. The molecule has 0 saturated carbocycles. The highest BCUT2D eigenvalue weighted by molar-refractivity contribution is 5.91. The minimum Gasteiger partial charge on any atom is -0.497 e. The monoisotopic (exact) mass is 449 g/mol. The van der Waals surface area contributed by atoms with Crippen LogP contribution in [0, 0.1) is 13.8 Å². The van der Waals surface area contributed by atoms with Crippen molar-refractivity contribution in [2.24, 2.45) is 0 Å². The molecule has 1 amide bonds. The molecule has 0 radical (unpaired) electrons. The van der Waals surface area contributed by atoms with Crippen molar-refractivity contribution in [2.75, 3.05) is 44.8 Å². The molecule has 0 unspecified atom stereocenters. The third-order valence-corrected chi connectivity index (χ3v) is 5.61. The number of rotatable bonds is 6. The molecule has 1 aliphatic heterocycles. The molecule has 33 heavy (non-hydrogen) atoms. The Morgan fingerprint density at radius 1 is 1.00 bits per heavy atom. The molecule has 0 spiro atoms. The zero-order valence-corrected chi connectivity index (χ0v) is 19.0. The maximum atomic E-state index is 12.5. The van der Waals surface area contributed by atoms with Gasteiger partial charge in [-0.2, -0.15) is 5.10 Å². The number of aromatic nitrogens is 3. The minimum absolute atomic E-state index is 0.204. The third-order valence-electron chi connectivity index (χ3n) is 5.61. The van der Waals surface area contributed by atoms with E-state index in [9.17, 15) is 9.59 Å². The van der Waals surface area contributed by atoms with Crippen LogP contribution in [0.1, 0.15) is 21.7 Å². The van der Waals surface area contributed by atoms with Crippen molar-refractivity contribution in [2.45, 2.75) is 13.8 Å². The first-order valence-corrected chi connectivity index (χ1v) is 10.8. The lowest BCUT2D eigenvalue weighted by Crippen LogP contribution is -2.49. The molecule has 0 N–H and O–H groups in total. The Balaban J connectivity index is 1.26. The average Bonchev–Trinajstić information content (AvgIpc) is 3.20. The number of aryl methyl sites for hydroxylation is 2. The largest absolute Gasteiger partial charge is 0.497 e. The summed E-state index contributed by atoms with van der Waals surface area (Å²) in [4.78, 5) is 33.1. The summed E-state index contributed by atoms with van der Waals surface area (Å²) < 4.78 is 12.1. The maximum absolute atomic E-state index is 12.5. The number of carbonyl (C=O) groups is 2. The van der Waals surface area contributed by atoms with Gasteiger partial charge in [-0.3, -0.25) is 4.79 Å². The van der Waals surface area contributed by atoms with Gasteiger partial charge in [-0.15, -0.1) is 0 Å². The number of amides is 1. The Kier molecular flexibility index (Phi) is 6.58. The summed E-state index contributed by atoms with van der Waals surface area (Å²) in [7, 11) is 1.64. The van der Waals surface area contributed by atoms with Crippen molar-refractivity contribution in [1.29, 1.82) is 0 Å². The highest BCUT2D eigenvalue weighted by atomic mass is 16.5. The number of anilines is 1. The van der Waals surface area contributed by atoms with E-state index in [1.54, 1.807) is 28.8 Å². The Morgan fingerprint density at radius 2 is 1.73 bits per heavy atom. The molecule has 9 nitrogen and oxygen atoms in total. The first kappa shape index (κ1) is 22.3. The number of hydrogen-bond donors (Lipinski definition) is 0. The predicted octanol–water partition coefficient (Wildman–Crippen LogP) is 2.40. The third kappa shape index (κ3) is 5.14. The molecule has 1 saturated heterocycles. The van der Waals surface area contributed by atoms with Gasteiger partial charge in [0.2, 0.25) is 0 Å². The number of ether oxygens (including phenoxy) is 2. The van der Waals surface area contributed by atoms with E-state index < -0.39 is 5.97 Å². The lowest BCUT2D eigenvalue weighted by molar-refractivity contribution is -0.134. The number of hydrogen-bond acceptors (Lipinski definition) is 7. The lowest BCUT2D eigenvalue weighted by Gasteiger charge is -2.36. The van der Waals surface area contributed by atoms with Crippen LogP contribution in [0.15, 0.2) is 48.7 Å². The summed E-state index contributed by atoms with van der Waals surface area (Å²) in [5.74, 6) is 0.645. The standard InChI is InChI=1S/C24H27N5O4/c1-17-14-18(2)29(26-17)22-9-4-19(15-25-22)24(31)33-16-23(30)28-12-10-27(11-13-28)20-5-7-21(32-3)8-6-20/h4-9,14-15H,10-13,16H2,1-3H3. The van der Waals surface area contributed by atoms with Crippen LogP contribution in [-0.2, 0) is 9.53 Å². The SMILES string of the molecule is COc1ccc(N2CCN(C(=O)COC(=O)c3ccc(-n4nc(C)cc4C)nc3)CC2)cc1. The van der Waals surface area contributed by atoms with E-state index in [0.717, 1.165) is 22.8 Å². The first-order chi connectivity index (χ1) is 15.9. The van der Waals surface area contributed by atoms with Crippen LogP contribution >= 0.6 is 0 Å². The van der Waals surface area contributed by atoms with Crippen LogP contribution in [0.5, 0.6) is 5.75 Å². The highest BCUT2D eigenvalue weighted by Gasteiger charge is 2.22. The quantitative estimate of drug-likeness (QED) is 0.534. The van der Waals surface area contributed by atoms with E-state index in [1.807, 2.05) is 44.2 Å². The molecule has 172 valence electrons. The molecule has 0 bridgehead atoms. The Bertz CT molecular complexity index is 1120. The Hall–Kier alpha value is -3.88. The summed E-state index contributed by atoms with van der Waals surface area (Å²) in [5, 5.41) is 4.38. The molecule has 1 aliphatic rings. The predicted molar refractivity (Wildman–Crippen MR) is 123 cm³/mol. The van der Waals surface area contributed by atoms with Crippen LogP contribution < -0.4 is 9.64 Å². The summed E-state index contributed by atoms with van der Waals surface area (Å²) in [6.45, 7) is 6.12. The molecule has 9 heteroatoms. The summed E-state index contributed by atoms with van der Waals surface area (Å²) in [5.41, 5.74) is 3.22. The van der Waals surface area contributed by atoms with E-state index in [1.165, 1.54) is 6.20 Å². The zero-order chi connectivity index (χ0) is 23.4. The number of piperazine rings is 1. The molecule has 0 atom stereocenters. The van der Waals surface area contributed by atoms with E-state index >= 15 is 0 Å². The number of nitrogens with zero attached hydrogens (tertiary/aromatic N) is 5. The van der Waals surface area contributed by atoms with Gasteiger partial charge in [0.15, 0.2) is 12.4 Å². The average molecular weight is 450 g/mol. The molecule has 3 aromatic rings. The maximum Gasteiger partial charge on any atom is 0.340 e. The summed E-state index contributed by atoms with van der Waals surface area (Å²) in [6.07, 6.45) is 1.44. The van der Waals surface area contributed by atoms with Gasteiger partial charge in [-0.05, 0) is 56.3 Å². The Morgan fingerprint density at radius 3 is 2.30 bits per heavy atom. The highest BCUT2D eigenvalue weighted by Crippen LogP contribution is 2.20. The molecule has 0 aliphatic carbocycles. The van der Waals surface area contributed by atoms with E-state index in [-0.39, 0.29) is 18.1 Å². The van der Waals surface area contributed by atoms with Crippen molar-refractivity contribution in [3.63, 3.8) is 0 Å². The van der Waals surface area contributed by atoms with Crippen molar-refractivity contribution in [1.82, 2.24) is 19.7 Å². The topological polar surface area (TPSA) is 89.8 Å². The molecule has 1 aromatic carbocycles. The summed E-state index contributed by atoms with van der Waals surface area (Å²) in [6, 6.07) is 13.1. The minimum atomic E-state index is -0.576. The number of esters is 1. The van der Waals surface area contributed by atoms with Crippen LogP contribution in [0.2, 0.25) is 0 Å². The molecular weight excluding hydrogens is 422 g/mol. The number of pyridine rings is 1. The second-order valence-electron chi connectivity index (χ2n) is 7.89. The second-order valence-corrected chi connectivity index (χ2v) is 7.89. The number of benzene rings is 1. The van der Waals surface area contributed by atoms with E-state index in [2.05, 4.69) is 15.0 Å². The van der Waals surface area contributed by atoms with Gasteiger partial charge in [0.25, 0.3) is 5.91 Å². The van der Waals surface area contributed by atoms with Crippen LogP contribution in [0.3, 0.4) is 0 Å². The van der Waals surface area contributed by atoms with Gasteiger partial charge in [-0.25, -0.2) is 14.5 Å². The van der Waals surface area contributed by atoms with Crippen molar-refractivity contribution in [3.8, 4) is 11.6 Å². The second kappa shape index (κ2) is 9.72. The number of methoxy groups -OCH3 is 1. The zero-order valence-electron chi connectivity index (χ0n) is 19.0. The fourth-order valence-electron chi connectivity index (χ4n) is 3.80. The first-order valence-electron chi connectivity index (χ1n) is 10.8. The molecule has 1 fully saturated rings. The fraction of sp³-hybridized carbons (Fsp3) is 0.333. The van der Waals surface area contributed by atoms with Crippen LogP contribution in [-0.4, -0.2) is 71.4 Å². The summed E-state index contributed by atoms with van der Waals surface area (Å²) >= 11 is 0. The Labute approximate surface area is 192 Å². The van der Waals surface area contributed by atoms with Crippen molar-refractivity contribution < 1.29 is 19.1 Å². The van der Waals surface area contributed by atoms with Gasteiger partial charge < -0.3 is 19.3 Å². The molecule has 4 rings (SSSR count). The van der Waals surface area contributed by atoms with Crippen LogP contribution in [0.4, 0.5) is 5.69 Å². The molecule has 3 heterocycles. The van der Waals surface area contributed by atoms with Gasteiger partial charge in [-0.1, -0.05) is 0 Å². The van der Waals surface area contributed by atoms with Crippen molar-refractivity contribution in [3.05, 3.63) is 65.6 Å². The van der Waals surface area contributed by atoms with Crippen molar-refractivity contribution >= 4 is 17.6 Å².